The maximum atomic E-state index is 11.9. The Morgan fingerprint density at radius 2 is 1.80 bits per heavy atom. The average molecular weight is 362 g/mol. The number of hydrogen-bond acceptors (Lipinski definition) is 4. The molecule has 0 saturated heterocycles. The number of benzene rings is 1. The summed E-state index contributed by atoms with van der Waals surface area (Å²) in [5, 5.41) is 5.41. The summed E-state index contributed by atoms with van der Waals surface area (Å²) in [6.45, 7) is 4.06. The minimum absolute atomic E-state index is 0.0435. The topological polar surface area (TPSA) is 100 Å². The average Bonchev–Trinajstić information content (AvgIpc) is 2.54. The summed E-state index contributed by atoms with van der Waals surface area (Å²) in [6, 6.07) is 9.80. The number of sulfonamides is 1. The molecule has 2 amide bonds. The maximum Gasteiger partial charge on any atom is 0.319 e. The van der Waals surface area contributed by atoms with Crippen molar-refractivity contribution in [2.75, 3.05) is 15.8 Å². The maximum absolute atomic E-state index is 11.9. The highest BCUT2D eigenvalue weighted by molar-refractivity contribution is 7.92. The zero-order chi connectivity index (χ0) is 18.3. The molecular weight excluding hydrogens is 340 g/mol. The standard InChI is InChI=1S/C17H22N4O3S/c1-13(2)12-25(23,24)21-16-7-5-15(6-8-16)20-17(22)19-11-14-4-3-9-18-10-14/h3-10,13,21H,11-12H2,1-2H3,(H2,19,20,22). The minimum Gasteiger partial charge on any atom is -0.334 e. The third-order valence-electron chi connectivity index (χ3n) is 3.14. The largest absolute Gasteiger partial charge is 0.334 e. The lowest BCUT2D eigenvalue weighted by Crippen LogP contribution is -2.28. The Morgan fingerprint density at radius 3 is 2.40 bits per heavy atom. The van der Waals surface area contributed by atoms with Crippen LogP contribution in [0.25, 0.3) is 0 Å². The fourth-order valence-corrected chi connectivity index (χ4v) is 3.60. The Labute approximate surface area is 147 Å². The van der Waals surface area contributed by atoms with Crippen molar-refractivity contribution >= 4 is 27.4 Å². The molecule has 0 saturated carbocycles. The van der Waals surface area contributed by atoms with E-state index in [-0.39, 0.29) is 17.7 Å². The first-order chi connectivity index (χ1) is 11.8. The number of anilines is 2. The molecule has 1 aromatic carbocycles. The first kappa shape index (κ1) is 18.7. The number of carbonyl (C=O) groups excluding carboxylic acids is 1. The van der Waals surface area contributed by atoms with Crippen LogP contribution in [0.2, 0.25) is 0 Å². The van der Waals surface area contributed by atoms with Crippen LogP contribution in [0.15, 0.2) is 48.8 Å². The lowest BCUT2D eigenvalue weighted by Gasteiger charge is -2.11. The number of nitrogens with one attached hydrogen (secondary N) is 3. The van der Waals surface area contributed by atoms with Crippen molar-refractivity contribution in [3.05, 3.63) is 54.4 Å². The number of rotatable bonds is 7. The fraction of sp³-hybridized carbons (Fsp3) is 0.294. The van der Waals surface area contributed by atoms with Crippen LogP contribution in [0.3, 0.4) is 0 Å². The molecule has 0 spiro atoms. The summed E-state index contributed by atoms with van der Waals surface area (Å²) < 4.78 is 26.3. The summed E-state index contributed by atoms with van der Waals surface area (Å²) in [6.07, 6.45) is 3.35. The molecule has 7 nitrogen and oxygen atoms in total. The van der Waals surface area contributed by atoms with Crippen molar-refractivity contribution in [1.82, 2.24) is 10.3 Å². The number of hydrogen-bond donors (Lipinski definition) is 3. The van der Waals surface area contributed by atoms with E-state index in [9.17, 15) is 13.2 Å². The van der Waals surface area contributed by atoms with Gasteiger partial charge >= 0.3 is 6.03 Å². The zero-order valence-corrected chi connectivity index (χ0v) is 15.0. The van der Waals surface area contributed by atoms with E-state index in [4.69, 9.17) is 0 Å². The van der Waals surface area contributed by atoms with Crippen LogP contribution in [0.5, 0.6) is 0 Å². The highest BCUT2D eigenvalue weighted by Gasteiger charge is 2.12. The summed E-state index contributed by atoms with van der Waals surface area (Å²) in [5.41, 5.74) is 1.92. The van der Waals surface area contributed by atoms with Gasteiger partial charge in [0.1, 0.15) is 0 Å². The van der Waals surface area contributed by atoms with Crippen molar-refractivity contribution in [1.29, 1.82) is 0 Å². The van der Waals surface area contributed by atoms with E-state index in [0.717, 1.165) is 5.56 Å². The van der Waals surface area contributed by atoms with Gasteiger partial charge < -0.3 is 10.6 Å². The van der Waals surface area contributed by atoms with E-state index in [1.165, 1.54) is 0 Å². The molecule has 0 fully saturated rings. The van der Waals surface area contributed by atoms with Crippen molar-refractivity contribution in [3.8, 4) is 0 Å². The normalized spacial score (nSPS) is 11.2. The molecule has 8 heteroatoms. The second-order valence-corrected chi connectivity index (χ2v) is 7.79. The second kappa shape index (κ2) is 8.48. The van der Waals surface area contributed by atoms with Crippen LogP contribution in [-0.4, -0.2) is 25.2 Å². The van der Waals surface area contributed by atoms with Crippen LogP contribution in [0.4, 0.5) is 16.2 Å². The Balaban J connectivity index is 1.86. The third-order valence-corrected chi connectivity index (χ3v) is 4.80. The number of urea groups is 1. The van der Waals surface area contributed by atoms with Gasteiger partial charge in [0.2, 0.25) is 10.0 Å². The van der Waals surface area contributed by atoms with E-state index in [2.05, 4.69) is 20.3 Å². The molecule has 3 N–H and O–H groups in total. The number of carbonyl (C=O) groups is 1. The number of nitrogens with zero attached hydrogens (tertiary/aromatic N) is 1. The van der Waals surface area contributed by atoms with Crippen LogP contribution in [0, 0.1) is 5.92 Å². The van der Waals surface area contributed by atoms with Gasteiger partial charge in [-0.2, -0.15) is 0 Å². The van der Waals surface area contributed by atoms with Gasteiger partial charge in [0.05, 0.1) is 5.75 Å². The Hall–Kier alpha value is -2.61. The fourth-order valence-electron chi connectivity index (χ4n) is 2.14. The molecule has 0 aliphatic heterocycles. The van der Waals surface area contributed by atoms with E-state index in [1.807, 2.05) is 19.9 Å². The van der Waals surface area contributed by atoms with E-state index in [0.29, 0.717) is 17.9 Å². The molecule has 0 radical (unpaired) electrons. The van der Waals surface area contributed by atoms with Gasteiger partial charge in [-0.1, -0.05) is 19.9 Å². The van der Waals surface area contributed by atoms with Gasteiger partial charge in [0.15, 0.2) is 0 Å². The predicted octanol–water partition coefficient (Wildman–Crippen LogP) is 2.80. The second-order valence-electron chi connectivity index (χ2n) is 6.02. The van der Waals surface area contributed by atoms with E-state index >= 15 is 0 Å². The van der Waals surface area contributed by atoms with Gasteiger partial charge in [-0.25, -0.2) is 13.2 Å². The summed E-state index contributed by atoms with van der Waals surface area (Å²) >= 11 is 0. The highest BCUT2D eigenvalue weighted by atomic mass is 32.2. The molecule has 2 rings (SSSR count). The molecule has 0 bridgehead atoms. The van der Waals surface area contributed by atoms with Crippen LogP contribution >= 0.6 is 0 Å². The number of aromatic nitrogens is 1. The van der Waals surface area contributed by atoms with E-state index < -0.39 is 10.0 Å². The molecule has 2 aromatic rings. The van der Waals surface area contributed by atoms with Crippen LogP contribution in [0.1, 0.15) is 19.4 Å². The van der Waals surface area contributed by atoms with Gasteiger partial charge in [-0.15, -0.1) is 0 Å². The smallest absolute Gasteiger partial charge is 0.319 e. The number of amides is 2. The Morgan fingerprint density at radius 1 is 1.12 bits per heavy atom. The Kier molecular flexibility index (Phi) is 6.35. The molecule has 1 heterocycles. The molecular formula is C17H22N4O3S. The first-order valence-corrected chi connectivity index (χ1v) is 9.53. The molecule has 0 aliphatic carbocycles. The lowest BCUT2D eigenvalue weighted by atomic mass is 10.3. The summed E-state index contributed by atoms with van der Waals surface area (Å²) in [4.78, 5) is 15.8. The van der Waals surface area contributed by atoms with Crippen molar-refractivity contribution in [2.24, 2.45) is 5.92 Å². The summed E-state index contributed by atoms with van der Waals surface area (Å²) in [7, 11) is -3.36. The molecule has 134 valence electrons. The highest BCUT2D eigenvalue weighted by Crippen LogP contribution is 2.15. The zero-order valence-electron chi connectivity index (χ0n) is 14.2. The molecule has 0 atom stereocenters. The van der Waals surface area contributed by atoms with Crippen LogP contribution in [-0.2, 0) is 16.6 Å². The molecule has 0 unspecified atom stereocenters. The van der Waals surface area contributed by atoms with E-state index in [1.54, 1.807) is 42.7 Å². The quantitative estimate of drug-likeness (QED) is 0.705. The van der Waals surface area contributed by atoms with Crippen molar-refractivity contribution in [2.45, 2.75) is 20.4 Å². The molecule has 1 aromatic heterocycles. The monoisotopic (exact) mass is 362 g/mol. The predicted molar refractivity (Wildman–Crippen MR) is 98.8 cm³/mol. The Bertz CT molecular complexity index is 790. The van der Waals surface area contributed by atoms with Gasteiger partial charge in [0.25, 0.3) is 0 Å². The van der Waals surface area contributed by atoms with Gasteiger partial charge in [-0.3, -0.25) is 9.71 Å². The SMILES string of the molecule is CC(C)CS(=O)(=O)Nc1ccc(NC(=O)NCc2cccnc2)cc1. The van der Waals surface area contributed by atoms with Crippen LogP contribution < -0.4 is 15.4 Å². The molecule has 0 aliphatic rings. The van der Waals surface area contributed by atoms with Crippen molar-refractivity contribution in [3.63, 3.8) is 0 Å². The van der Waals surface area contributed by atoms with Gasteiger partial charge in [-0.05, 0) is 41.8 Å². The first-order valence-electron chi connectivity index (χ1n) is 7.88. The lowest BCUT2D eigenvalue weighted by molar-refractivity contribution is 0.251. The summed E-state index contributed by atoms with van der Waals surface area (Å²) in [5.74, 6) is 0.103. The van der Waals surface area contributed by atoms with Gasteiger partial charge in [0, 0.05) is 30.3 Å². The molecule has 25 heavy (non-hydrogen) atoms. The van der Waals surface area contributed by atoms with Crippen molar-refractivity contribution < 1.29 is 13.2 Å². The third kappa shape index (κ3) is 6.80. The minimum atomic E-state index is -3.36. The number of pyridine rings is 1.